The van der Waals surface area contributed by atoms with E-state index in [9.17, 15) is 9.90 Å². The van der Waals surface area contributed by atoms with Crippen LogP contribution >= 0.6 is 11.6 Å². The first-order chi connectivity index (χ1) is 12.6. The summed E-state index contributed by atoms with van der Waals surface area (Å²) in [7, 11) is 0. The normalized spacial score (nSPS) is 10.6. The van der Waals surface area contributed by atoms with Crippen molar-refractivity contribution in [2.75, 3.05) is 0 Å². The summed E-state index contributed by atoms with van der Waals surface area (Å²) < 4.78 is 0. The van der Waals surface area contributed by atoms with Gasteiger partial charge in [-0.2, -0.15) is 0 Å². The van der Waals surface area contributed by atoms with Crippen molar-refractivity contribution in [2.24, 2.45) is 0 Å². The van der Waals surface area contributed by atoms with E-state index >= 15 is 0 Å². The molecule has 0 aliphatic heterocycles. The van der Waals surface area contributed by atoms with Gasteiger partial charge in [-0.25, -0.2) is 0 Å². The largest absolute Gasteiger partial charge is 0.392 e. The average molecular weight is 367 g/mol. The van der Waals surface area contributed by atoms with Crippen molar-refractivity contribution in [3.8, 4) is 22.4 Å². The molecule has 0 unspecified atom stereocenters. The fourth-order valence-electron chi connectivity index (χ4n) is 2.73. The third kappa shape index (κ3) is 4.28. The zero-order chi connectivity index (χ0) is 18.5. The molecule has 1 amide bonds. The minimum Gasteiger partial charge on any atom is -0.392 e. The number of benzene rings is 2. The number of aliphatic hydroxyl groups is 1. The number of amides is 1. The van der Waals surface area contributed by atoms with Crippen LogP contribution in [-0.2, 0) is 17.9 Å². The molecule has 26 heavy (non-hydrogen) atoms. The summed E-state index contributed by atoms with van der Waals surface area (Å²) in [4.78, 5) is 15.7. The van der Waals surface area contributed by atoms with E-state index in [1.165, 1.54) is 6.92 Å². The number of carbonyl (C=O) groups excluding carboxylic acids is 1. The van der Waals surface area contributed by atoms with Crippen molar-refractivity contribution in [1.82, 2.24) is 10.3 Å². The maximum Gasteiger partial charge on any atom is 0.217 e. The summed E-state index contributed by atoms with van der Waals surface area (Å²) >= 11 is 6.00. The Bertz CT molecular complexity index is 924. The maximum absolute atomic E-state index is 11.2. The zero-order valence-electron chi connectivity index (χ0n) is 14.4. The third-order valence-electron chi connectivity index (χ3n) is 4.02. The number of halogens is 1. The molecule has 0 atom stereocenters. The highest BCUT2D eigenvalue weighted by atomic mass is 35.5. The molecule has 0 fully saturated rings. The van der Waals surface area contributed by atoms with E-state index in [2.05, 4.69) is 10.3 Å². The lowest BCUT2D eigenvalue weighted by Crippen LogP contribution is -2.18. The molecule has 3 rings (SSSR count). The number of nitrogens with one attached hydrogen (secondary N) is 1. The Morgan fingerprint density at radius 2 is 1.85 bits per heavy atom. The fraction of sp³-hybridized carbons (Fsp3) is 0.143. The Balaban J connectivity index is 2.06. The molecule has 0 saturated carbocycles. The lowest BCUT2D eigenvalue weighted by molar-refractivity contribution is -0.119. The van der Waals surface area contributed by atoms with Crippen molar-refractivity contribution < 1.29 is 9.90 Å². The molecule has 4 nitrogen and oxygen atoms in total. The Morgan fingerprint density at radius 3 is 2.54 bits per heavy atom. The van der Waals surface area contributed by atoms with Crippen LogP contribution in [0.15, 0.2) is 60.8 Å². The number of pyridine rings is 1. The number of rotatable bonds is 5. The van der Waals surface area contributed by atoms with Crippen LogP contribution in [0.2, 0.25) is 5.02 Å². The lowest BCUT2D eigenvalue weighted by Gasteiger charge is -2.12. The zero-order valence-corrected chi connectivity index (χ0v) is 15.1. The van der Waals surface area contributed by atoms with Crippen LogP contribution in [0.4, 0.5) is 0 Å². The summed E-state index contributed by atoms with van der Waals surface area (Å²) in [6.45, 7) is 1.89. The number of aromatic nitrogens is 1. The predicted octanol–water partition coefficient (Wildman–Crippen LogP) is 4.20. The van der Waals surface area contributed by atoms with Gasteiger partial charge in [0, 0.05) is 35.8 Å². The SMILES string of the molecule is CC(=O)NCc1cccc(-c2cc(CO)cnc2-c2ccc(Cl)cc2)c1. The molecule has 0 radical (unpaired) electrons. The van der Waals surface area contributed by atoms with Crippen molar-refractivity contribution in [3.63, 3.8) is 0 Å². The minimum absolute atomic E-state index is 0.0683. The molecule has 5 heteroatoms. The molecule has 2 N–H and O–H groups in total. The van der Waals surface area contributed by atoms with Crippen LogP contribution in [0.3, 0.4) is 0 Å². The number of nitrogens with zero attached hydrogens (tertiary/aromatic N) is 1. The standard InChI is InChI=1S/C21H19ClN2O2/c1-14(26)23-11-15-3-2-4-18(9-15)20-10-16(13-25)12-24-21(20)17-5-7-19(22)8-6-17/h2-10,12,25H,11,13H2,1H3,(H,23,26). The molecule has 0 aliphatic rings. The van der Waals surface area contributed by atoms with E-state index in [0.717, 1.165) is 33.5 Å². The van der Waals surface area contributed by atoms with Gasteiger partial charge in [-0.3, -0.25) is 9.78 Å². The third-order valence-corrected chi connectivity index (χ3v) is 4.28. The van der Waals surface area contributed by atoms with E-state index in [0.29, 0.717) is 11.6 Å². The summed E-state index contributed by atoms with van der Waals surface area (Å²) in [6.07, 6.45) is 1.68. The van der Waals surface area contributed by atoms with Crippen LogP contribution in [0.25, 0.3) is 22.4 Å². The van der Waals surface area contributed by atoms with E-state index in [1.807, 2.05) is 54.6 Å². The van der Waals surface area contributed by atoms with E-state index < -0.39 is 0 Å². The van der Waals surface area contributed by atoms with Crippen LogP contribution in [0.5, 0.6) is 0 Å². The highest BCUT2D eigenvalue weighted by Gasteiger charge is 2.11. The van der Waals surface area contributed by atoms with Gasteiger partial charge >= 0.3 is 0 Å². The highest BCUT2D eigenvalue weighted by Crippen LogP contribution is 2.32. The van der Waals surface area contributed by atoms with Crippen LogP contribution in [-0.4, -0.2) is 16.0 Å². The molecule has 1 heterocycles. The Labute approximate surface area is 157 Å². The van der Waals surface area contributed by atoms with Crippen LogP contribution in [0, 0.1) is 0 Å². The predicted molar refractivity (Wildman–Crippen MR) is 104 cm³/mol. The van der Waals surface area contributed by atoms with Crippen molar-refractivity contribution in [3.05, 3.63) is 76.9 Å². The van der Waals surface area contributed by atoms with Gasteiger partial charge in [0.2, 0.25) is 5.91 Å². The molecule has 0 saturated heterocycles. The number of hydrogen-bond acceptors (Lipinski definition) is 3. The fourth-order valence-corrected chi connectivity index (χ4v) is 2.85. The van der Waals surface area contributed by atoms with E-state index in [4.69, 9.17) is 11.6 Å². The summed E-state index contributed by atoms with van der Waals surface area (Å²) in [6, 6.07) is 17.4. The quantitative estimate of drug-likeness (QED) is 0.711. The van der Waals surface area contributed by atoms with Gasteiger partial charge in [0.25, 0.3) is 0 Å². The molecule has 0 spiro atoms. The van der Waals surface area contributed by atoms with Gasteiger partial charge in [-0.15, -0.1) is 0 Å². The number of hydrogen-bond donors (Lipinski definition) is 2. The van der Waals surface area contributed by atoms with Gasteiger partial charge in [0.05, 0.1) is 12.3 Å². The smallest absolute Gasteiger partial charge is 0.217 e. The second-order valence-corrected chi connectivity index (χ2v) is 6.45. The second kappa shape index (κ2) is 8.13. The van der Waals surface area contributed by atoms with Crippen LogP contribution < -0.4 is 5.32 Å². The topological polar surface area (TPSA) is 62.2 Å². The summed E-state index contributed by atoms with van der Waals surface area (Å²) in [5.41, 5.74) is 5.39. The number of carbonyl (C=O) groups is 1. The maximum atomic E-state index is 11.2. The first-order valence-electron chi connectivity index (χ1n) is 8.26. The first kappa shape index (κ1) is 18.1. The van der Waals surface area contributed by atoms with Gasteiger partial charge in [-0.05, 0) is 41.0 Å². The van der Waals surface area contributed by atoms with Gasteiger partial charge in [0.1, 0.15) is 0 Å². The van der Waals surface area contributed by atoms with Gasteiger partial charge < -0.3 is 10.4 Å². The van der Waals surface area contributed by atoms with E-state index in [-0.39, 0.29) is 12.5 Å². The Morgan fingerprint density at radius 1 is 1.08 bits per heavy atom. The molecule has 1 aromatic heterocycles. The molecule has 0 bridgehead atoms. The average Bonchev–Trinajstić information content (AvgIpc) is 2.67. The molecule has 2 aromatic carbocycles. The first-order valence-corrected chi connectivity index (χ1v) is 8.64. The molecule has 132 valence electrons. The van der Waals surface area contributed by atoms with Gasteiger partial charge in [-0.1, -0.05) is 41.9 Å². The molecule has 0 aliphatic carbocycles. The van der Waals surface area contributed by atoms with Crippen molar-refractivity contribution in [1.29, 1.82) is 0 Å². The second-order valence-electron chi connectivity index (χ2n) is 6.01. The van der Waals surface area contributed by atoms with Crippen molar-refractivity contribution in [2.45, 2.75) is 20.1 Å². The monoisotopic (exact) mass is 366 g/mol. The Hall–Kier alpha value is -2.69. The number of aliphatic hydroxyl groups excluding tert-OH is 1. The lowest BCUT2D eigenvalue weighted by atomic mass is 9.96. The molecular weight excluding hydrogens is 348 g/mol. The van der Waals surface area contributed by atoms with E-state index in [1.54, 1.807) is 6.20 Å². The molecule has 3 aromatic rings. The van der Waals surface area contributed by atoms with Crippen LogP contribution in [0.1, 0.15) is 18.1 Å². The minimum atomic E-state index is -0.0769. The van der Waals surface area contributed by atoms with Gasteiger partial charge in [0.15, 0.2) is 0 Å². The van der Waals surface area contributed by atoms with Crippen molar-refractivity contribution >= 4 is 17.5 Å². The molecular formula is C21H19ClN2O2. The Kier molecular flexibility index (Phi) is 5.66. The summed E-state index contributed by atoms with van der Waals surface area (Å²) in [5, 5.41) is 13.0. The highest BCUT2D eigenvalue weighted by molar-refractivity contribution is 6.30. The summed E-state index contributed by atoms with van der Waals surface area (Å²) in [5.74, 6) is -0.0683.